The smallest absolute Gasteiger partial charge is 0.126 e. The number of hydrogen-bond donors (Lipinski definition) is 0. The van der Waals surface area contributed by atoms with Gasteiger partial charge in [0.05, 0.1) is 0 Å². The lowest BCUT2D eigenvalue weighted by Gasteiger charge is -2.02. The molecule has 0 atom stereocenters. The molecule has 0 N–H and O–H groups in total. The lowest BCUT2D eigenvalue weighted by Crippen LogP contribution is -1.84. The normalized spacial score (nSPS) is 10.3. The minimum Gasteiger partial charge on any atom is -0.207 e. The summed E-state index contributed by atoms with van der Waals surface area (Å²) >= 11 is 2.18. The van der Waals surface area contributed by atoms with Crippen LogP contribution in [0.1, 0.15) is 0 Å². The third-order valence-electron chi connectivity index (χ3n) is 2.04. The second-order valence-corrected chi connectivity index (χ2v) is 4.41. The Morgan fingerprint density at radius 1 is 0.733 bits per heavy atom. The summed E-state index contributed by atoms with van der Waals surface area (Å²) in [5.74, 6) is -1.10. The van der Waals surface area contributed by atoms with Gasteiger partial charge in [0.15, 0.2) is 0 Å². The fraction of sp³-hybridized carbons (Fsp3) is 0. The van der Waals surface area contributed by atoms with E-state index in [1.54, 1.807) is 0 Å². The molecule has 0 aliphatic rings. The maximum Gasteiger partial charge on any atom is 0.126 e. The highest BCUT2D eigenvalue weighted by atomic mass is 127. The highest BCUT2D eigenvalue weighted by Gasteiger charge is 2.02. The SMILES string of the molecule is Fc1cc(F)cc(-c2ccc(I)cc2)c1. The second-order valence-electron chi connectivity index (χ2n) is 3.17. The zero-order chi connectivity index (χ0) is 10.8. The van der Waals surface area contributed by atoms with Gasteiger partial charge in [0.2, 0.25) is 0 Å². The maximum atomic E-state index is 13.0. The summed E-state index contributed by atoms with van der Waals surface area (Å²) in [5, 5.41) is 0. The summed E-state index contributed by atoms with van der Waals surface area (Å²) in [6.45, 7) is 0. The Hall–Kier alpha value is -0.970. The van der Waals surface area contributed by atoms with Gasteiger partial charge in [-0.05, 0) is 58.0 Å². The molecule has 2 rings (SSSR count). The molecule has 0 aliphatic carbocycles. The van der Waals surface area contributed by atoms with Gasteiger partial charge in [-0.3, -0.25) is 0 Å². The molecule has 2 aromatic carbocycles. The summed E-state index contributed by atoms with van der Waals surface area (Å²) in [6.07, 6.45) is 0. The third kappa shape index (κ3) is 2.53. The van der Waals surface area contributed by atoms with Crippen LogP contribution in [0.15, 0.2) is 42.5 Å². The molecule has 0 aliphatic heterocycles. The first-order valence-corrected chi connectivity index (χ1v) is 5.45. The molecule has 0 heterocycles. The summed E-state index contributed by atoms with van der Waals surface area (Å²) in [7, 11) is 0. The first-order chi connectivity index (χ1) is 7.15. The van der Waals surface area contributed by atoms with Gasteiger partial charge in [-0.25, -0.2) is 8.78 Å². The summed E-state index contributed by atoms with van der Waals surface area (Å²) < 4.78 is 27.0. The molecule has 0 radical (unpaired) electrons. The van der Waals surface area contributed by atoms with Crippen LogP contribution in [0.4, 0.5) is 8.78 Å². The van der Waals surface area contributed by atoms with E-state index in [4.69, 9.17) is 0 Å². The first kappa shape index (κ1) is 10.5. The van der Waals surface area contributed by atoms with Gasteiger partial charge in [0.25, 0.3) is 0 Å². The van der Waals surface area contributed by atoms with Gasteiger partial charge in [-0.2, -0.15) is 0 Å². The van der Waals surface area contributed by atoms with Crippen molar-refractivity contribution in [2.75, 3.05) is 0 Å². The molecule has 0 nitrogen and oxygen atoms in total. The predicted octanol–water partition coefficient (Wildman–Crippen LogP) is 4.24. The fourth-order valence-corrected chi connectivity index (χ4v) is 1.72. The van der Waals surface area contributed by atoms with Crippen molar-refractivity contribution in [3.8, 4) is 11.1 Å². The Kier molecular flexibility index (Phi) is 3.00. The Bertz CT molecular complexity index is 457. The third-order valence-corrected chi connectivity index (χ3v) is 2.76. The lowest BCUT2D eigenvalue weighted by molar-refractivity contribution is 0.584. The average Bonchev–Trinajstić information content (AvgIpc) is 2.17. The van der Waals surface area contributed by atoms with Crippen molar-refractivity contribution >= 4 is 22.6 Å². The van der Waals surface area contributed by atoms with Crippen molar-refractivity contribution in [3.63, 3.8) is 0 Å². The van der Waals surface area contributed by atoms with Crippen LogP contribution in [0.5, 0.6) is 0 Å². The first-order valence-electron chi connectivity index (χ1n) is 4.37. The zero-order valence-corrected chi connectivity index (χ0v) is 9.83. The van der Waals surface area contributed by atoms with E-state index < -0.39 is 11.6 Å². The van der Waals surface area contributed by atoms with Crippen molar-refractivity contribution in [2.24, 2.45) is 0 Å². The summed E-state index contributed by atoms with van der Waals surface area (Å²) in [4.78, 5) is 0. The summed E-state index contributed by atoms with van der Waals surface area (Å²) in [5.41, 5.74) is 1.37. The molecule has 0 unspecified atom stereocenters. The molecule has 0 saturated heterocycles. The van der Waals surface area contributed by atoms with Crippen LogP contribution in [0, 0.1) is 15.2 Å². The Balaban J connectivity index is 2.49. The number of hydrogen-bond acceptors (Lipinski definition) is 0. The van der Waals surface area contributed by atoms with Crippen molar-refractivity contribution in [1.82, 2.24) is 0 Å². The Morgan fingerprint density at radius 2 is 1.27 bits per heavy atom. The Labute approximate surface area is 100 Å². The molecule has 0 spiro atoms. The van der Waals surface area contributed by atoms with Gasteiger partial charge in [-0.15, -0.1) is 0 Å². The highest BCUT2D eigenvalue weighted by molar-refractivity contribution is 14.1. The number of rotatable bonds is 1. The van der Waals surface area contributed by atoms with E-state index in [-0.39, 0.29) is 0 Å². The van der Waals surface area contributed by atoms with Gasteiger partial charge >= 0.3 is 0 Å². The molecule has 0 bridgehead atoms. The quantitative estimate of drug-likeness (QED) is 0.691. The van der Waals surface area contributed by atoms with Crippen molar-refractivity contribution in [1.29, 1.82) is 0 Å². The van der Waals surface area contributed by atoms with E-state index >= 15 is 0 Å². The minimum absolute atomic E-state index is 0.552. The van der Waals surface area contributed by atoms with E-state index in [0.29, 0.717) is 5.56 Å². The Morgan fingerprint density at radius 3 is 1.80 bits per heavy atom. The fourth-order valence-electron chi connectivity index (χ4n) is 1.36. The van der Waals surface area contributed by atoms with Crippen LogP contribution >= 0.6 is 22.6 Å². The van der Waals surface area contributed by atoms with Crippen molar-refractivity contribution < 1.29 is 8.78 Å². The molecule has 0 aromatic heterocycles. The van der Waals surface area contributed by atoms with Crippen molar-refractivity contribution in [3.05, 3.63) is 57.7 Å². The molecule has 0 saturated carbocycles. The second kappa shape index (κ2) is 4.26. The van der Waals surface area contributed by atoms with E-state index in [0.717, 1.165) is 15.2 Å². The minimum atomic E-state index is -0.552. The molecule has 76 valence electrons. The molecular formula is C12H7F2I. The van der Waals surface area contributed by atoms with E-state index in [2.05, 4.69) is 22.6 Å². The molecule has 3 heteroatoms. The topological polar surface area (TPSA) is 0 Å². The predicted molar refractivity (Wildman–Crippen MR) is 64.5 cm³/mol. The summed E-state index contributed by atoms with van der Waals surface area (Å²) in [6, 6.07) is 11.0. The monoisotopic (exact) mass is 316 g/mol. The molecule has 15 heavy (non-hydrogen) atoms. The maximum absolute atomic E-state index is 13.0. The van der Waals surface area contributed by atoms with Crippen LogP contribution in [0.25, 0.3) is 11.1 Å². The van der Waals surface area contributed by atoms with E-state index in [1.807, 2.05) is 24.3 Å². The van der Waals surface area contributed by atoms with Crippen LogP contribution in [0.3, 0.4) is 0 Å². The van der Waals surface area contributed by atoms with E-state index in [1.165, 1.54) is 12.1 Å². The standard InChI is InChI=1S/C12H7F2I/c13-10-5-9(6-11(14)7-10)8-1-3-12(15)4-2-8/h1-7H. The van der Waals surface area contributed by atoms with E-state index in [9.17, 15) is 8.78 Å². The van der Waals surface area contributed by atoms with Gasteiger partial charge in [-0.1, -0.05) is 12.1 Å². The zero-order valence-electron chi connectivity index (χ0n) is 7.68. The molecule has 2 aromatic rings. The lowest BCUT2D eigenvalue weighted by atomic mass is 10.1. The highest BCUT2D eigenvalue weighted by Crippen LogP contribution is 2.22. The van der Waals surface area contributed by atoms with Crippen LogP contribution in [-0.2, 0) is 0 Å². The molecular weight excluding hydrogens is 309 g/mol. The van der Waals surface area contributed by atoms with Gasteiger partial charge < -0.3 is 0 Å². The van der Waals surface area contributed by atoms with Crippen LogP contribution < -0.4 is 0 Å². The average molecular weight is 316 g/mol. The largest absolute Gasteiger partial charge is 0.207 e. The molecule has 0 fully saturated rings. The number of halogens is 3. The number of benzene rings is 2. The van der Waals surface area contributed by atoms with Gasteiger partial charge in [0.1, 0.15) is 11.6 Å². The van der Waals surface area contributed by atoms with Gasteiger partial charge in [0, 0.05) is 9.64 Å². The van der Waals surface area contributed by atoms with Crippen molar-refractivity contribution in [2.45, 2.75) is 0 Å². The van der Waals surface area contributed by atoms with Crippen LogP contribution in [0.2, 0.25) is 0 Å². The molecule has 0 amide bonds. The van der Waals surface area contributed by atoms with Crippen LogP contribution in [-0.4, -0.2) is 0 Å².